The molecule has 1 saturated carbocycles. The van der Waals surface area contributed by atoms with Crippen molar-refractivity contribution in [3.63, 3.8) is 0 Å². The molecule has 1 aromatic rings. The molecule has 1 aromatic carbocycles. The molecule has 0 saturated heterocycles. The predicted molar refractivity (Wildman–Crippen MR) is 65.9 cm³/mol. The normalized spacial score (nSPS) is 18.5. The molecular formula is C13H18O2S. The van der Waals surface area contributed by atoms with E-state index >= 15 is 0 Å². The number of hydrogen-bond donors (Lipinski definition) is 0. The molecule has 2 nitrogen and oxygen atoms in total. The minimum absolute atomic E-state index is 0.0959. The summed E-state index contributed by atoms with van der Waals surface area (Å²) in [6, 6.07) is 9.48. The quantitative estimate of drug-likeness (QED) is 0.811. The standard InChI is InChI=1S/C13H18O2S/c14-16(15,13-9-5-2-6-10-13)11-12-7-3-1-4-8-12/h1,3-4,7-8,13H,2,5-6,9-11H2. The SMILES string of the molecule is O=S(=O)(Cc1ccccc1)C1CCCCC1. The van der Waals surface area contributed by atoms with Crippen LogP contribution in [0.2, 0.25) is 0 Å². The van der Waals surface area contributed by atoms with Crippen LogP contribution in [-0.2, 0) is 15.6 Å². The fraction of sp³-hybridized carbons (Fsp3) is 0.538. The van der Waals surface area contributed by atoms with Crippen LogP contribution < -0.4 is 0 Å². The van der Waals surface area contributed by atoms with E-state index in [4.69, 9.17) is 0 Å². The smallest absolute Gasteiger partial charge is 0.157 e. The molecule has 0 bridgehead atoms. The molecule has 16 heavy (non-hydrogen) atoms. The molecule has 0 aliphatic heterocycles. The molecule has 3 heteroatoms. The van der Waals surface area contributed by atoms with Crippen molar-refractivity contribution in [2.45, 2.75) is 43.1 Å². The molecule has 2 rings (SSSR count). The first-order valence-electron chi connectivity index (χ1n) is 5.94. The molecule has 0 heterocycles. The Hall–Kier alpha value is -0.830. The van der Waals surface area contributed by atoms with Crippen LogP contribution in [0.25, 0.3) is 0 Å². The lowest BCUT2D eigenvalue weighted by Gasteiger charge is -2.21. The highest BCUT2D eigenvalue weighted by Gasteiger charge is 2.26. The van der Waals surface area contributed by atoms with Crippen molar-refractivity contribution in [3.05, 3.63) is 35.9 Å². The van der Waals surface area contributed by atoms with Gasteiger partial charge in [-0.3, -0.25) is 0 Å². The zero-order valence-corrected chi connectivity index (χ0v) is 10.2. The van der Waals surface area contributed by atoms with Gasteiger partial charge in [-0.2, -0.15) is 0 Å². The van der Waals surface area contributed by atoms with E-state index in [1.165, 1.54) is 6.42 Å². The van der Waals surface area contributed by atoms with Crippen LogP contribution >= 0.6 is 0 Å². The summed E-state index contributed by atoms with van der Waals surface area (Å²) in [6.45, 7) is 0. The Labute approximate surface area is 97.6 Å². The zero-order valence-electron chi connectivity index (χ0n) is 9.43. The lowest BCUT2D eigenvalue weighted by atomic mass is 10.0. The van der Waals surface area contributed by atoms with E-state index in [1.807, 2.05) is 30.3 Å². The van der Waals surface area contributed by atoms with Crippen LogP contribution in [0.3, 0.4) is 0 Å². The van der Waals surface area contributed by atoms with Gasteiger partial charge in [-0.25, -0.2) is 8.42 Å². The van der Waals surface area contributed by atoms with Gasteiger partial charge < -0.3 is 0 Å². The number of benzene rings is 1. The summed E-state index contributed by atoms with van der Waals surface area (Å²) in [5.74, 6) is 0.207. The minimum Gasteiger partial charge on any atom is -0.228 e. The Balaban J connectivity index is 2.08. The van der Waals surface area contributed by atoms with Gasteiger partial charge in [0.15, 0.2) is 9.84 Å². The highest BCUT2D eigenvalue weighted by molar-refractivity contribution is 7.91. The summed E-state index contributed by atoms with van der Waals surface area (Å²) in [7, 11) is -2.94. The van der Waals surface area contributed by atoms with Crippen molar-refractivity contribution in [2.24, 2.45) is 0 Å². The van der Waals surface area contributed by atoms with Gasteiger partial charge >= 0.3 is 0 Å². The fourth-order valence-electron chi connectivity index (χ4n) is 2.35. The second-order valence-corrected chi connectivity index (χ2v) is 6.83. The number of hydrogen-bond acceptors (Lipinski definition) is 2. The average molecular weight is 238 g/mol. The minimum atomic E-state index is -2.94. The fourth-order valence-corrected chi connectivity index (χ4v) is 4.29. The van der Waals surface area contributed by atoms with E-state index in [9.17, 15) is 8.42 Å². The van der Waals surface area contributed by atoms with Gasteiger partial charge in [0.05, 0.1) is 11.0 Å². The van der Waals surface area contributed by atoms with Crippen molar-refractivity contribution < 1.29 is 8.42 Å². The third-order valence-corrected chi connectivity index (χ3v) is 5.49. The topological polar surface area (TPSA) is 34.1 Å². The summed E-state index contributed by atoms with van der Waals surface area (Å²) in [6.07, 6.45) is 5.04. The Morgan fingerprint density at radius 2 is 1.62 bits per heavy atom. The maximum absolute atomic E-state index is 12.2. The van der Waals surface area contributed by atoms with E-state index in [2.05, 4.69) is 0 Å². The Morgan fingerprint density at radius 3 is 2.25 bits per heavy atom. The molecule has 0 unspecified atom stereocenters. The molecule has 0 aromatic heterocycles. The van der Waals surface area contributed by atoms with Gasteiger partial charge in [0.25, 0.3) is 0 Å². The summed E-state index contributed by atoms with van der Waals surface area (Å²) in [5, 5.41) is -0.0959. The maximum atomic E-state index is 12.2. The first-order valence-corrected chi connectivity index (χ1v) is 7.65. The van der Waals surface area contributed by atoms with E-state index < -0.39 is 9.84 Å². The first kappa shape index (κ1) is 11.6. The average Bonchev–Trinajstić information content (AvgIpc) is 2.31. The van der Waals surface area contributed by atoms with Crippen LogP contribution in [0, 0.1) is 0 Å². The van der Waals surface area contributed by atoms with Crippen molar-refractivity contribution >= 4 is 9.84 Å². The zero-order chi connectivity index (χ0) is 11.4. The molecule has 1 aliphatic carbocycles. The van der Waals surface area contributed by atoms with E-state index in [0.29, 0.717) is 0 Å². The Bertz CT molecular complexity index is 417. The molecule has 0 spiro atoms. The van der Waals surface area contributed by atoms with Crippen LogP contribution in [0.1, 0.15) is 37.7 Å². The summed E-state index contributed by atoms with van der Waals surface area (Å²) in [4.78, 5) is 0. The third-order valence-electron chi connectivity index (χ3n) is 3.27. The molecule has 88 valence electrons. The summed E-state index contributed by atoms with van der Waals surface area (Å²) >= 11 is 0. The van der Waals surface area contributed by atoms with Gasteiger partial charge in [-0.1, -0.05) is 49.6 Å². The third kappa shape index (κ3) is 2.85. The monoisotopic (exact) mass is 238 g/mol. The van der Waals surface area contributed by atoms with Crippen LogP contribution in [-0.4, -0.2) is 13.7 Å². The van der Waals surface area contributed by atoms with Gasteiger partial charge in [-0.05, 0) is 18.4 Å². The lowest BCUT2D eigenvalue weighted by molar-refractivity contribution is 0.483. The lowest BCUT2D eigenvalue weighted by Crippen LogP contribution is -2.25. The molecule has 1 aliphatic rings. The summed E-state index contributed by atoms with van der Waals surface area (Å²) < 4.78 is 24.3. The Morgan fingerprint density at radius 1 is 1.00 bits per heavy atom. The van der Waals surface area contributed by atoms with Crippen molar-refractivity contribution in [1.29, 1.82) is 0 Å². The molecule has 0 atom stereocenters. The Kier molecular flexibility index (Phi) is 3.64. The van der Waals surface area contributed by atoms with Crippen molar-refractivity contribution in [2.75, 3.05) is 0 Å². The van der Waals surface area contributed by atoms with Gasteiger partial charge in [0.1, 0.15) is 0 Å². The van der Waals surface area contributed by atoms with E-state index in [1.54, 1.807) is 0 Å². The van der Waals surface area contributed by atoms with Crippen molar-refractivity contribution in [3.8, 4) is 0 Å². The maximum Gasteiger partial charge on any atom is 0.157 e. The highest BCUT2D eigenvalue weighted by Crippen LogP contribution is 2.25. The summed E-state index contributed by atoms with van der Waals surface area (Å²) in [5.41, 5.74) is 0.910. The van der Waals surface area contributed by atoms with E-state index in [-0.39, 0.29) is 11.0 Å². The largest absolute Gasteiger partial charge is 0.228 e. The molecule has 0 N–H and O–H groups in total. The van der Waals surface area contributed by atoms with Crippen LogP contribution in [0.4, 0.5) is 0 Å². The van der Waals surface area contributed by atoms with Gasteiger partial charge in [0, 0.05) is 0 Å². The second-order valence-electron chi connectivity index (χ2n) is 4.55. The molecular weight excluding hydrogens is 220 g/mol. The number of sulfone groups is 1. The van der Waals surface area contributed by atoms with Crippen molar-refractivity contribution in [1.82, 2.24) is 0 Å². The van der Waals surface area contributed by atoms with Crippen LogP contribution in [0.15, 0.2) is 30.3 Å². The predicted octanol–water partition coefficient (Wildman–Crippen LogP) is 2.93. The van der Waals surface area contributed by atoms with Gasteiger partial charge in [0.2, 0.25) is 0 Å². The molecule has 0 radical (unpaired) electrons. The highest BCUT2D eigenvalue weighted by atomic mass is 32.2. The van der Waals surface area contributed by atoms with Gasteiger partial charge in [-0.15, -0.1) is 0 Å². The molecule has 0 amide bonds. The van der Waals surface area contributed by atoms with Crippen LogP contribution in [0.5, 0.6) is 0 Å². The van der Waals surface area contributed by atoms with E-state index in [0.717, 1.165) is 31.2 Å². The molecule has 1 fully saturated rings. The number of rotatable bonds is 3. The first-order chi connectivity index (χ1) is 7.68. The second kappa shape index (κ2) is 5.00.